The summed E-state index contributed by atoms with van der Waals surface area (Å²) in [7, 11) is 0. The molecule has 0 fully saturated rings. The Morgan fingerprint density at radius 3 is 0.721 bits per heavy atom. The molecule has 0 rings (SSSR count). The fourth-order valence-corrected chi connectivity index (χ4v) is 6.22. The number of unbranched alkanes of at least 4 members (excludes halogenated alkanes) is 20. The van der Waals surface area contributed by atoms with E-state index in [4.69, 9.17) is 8.32 Å². The number of hydrogen-bond acceptors (Lipinski definition) is 7. The molecule has 0 radical (unpaired) electrons. The van der Waals surface area contributed by atoms with Crippen molar-refractivity contribution in [3.8, 4) is 0 Å². The molecule has 9 nitrogen and oxygen atoms in total. The van der Waals surface area contributed by atoms with Gasteiger partial charge in [-0.05, 0) is 51.9 Å². The molecule has 4 N–H and O–H groups in total. The Balaban J connectivity index is -0.000000586. The minimum absolute atomic E-state index is 1.24. The van der Waals surface area contributed by atoms with Gasteiger partial charge in [-0.3, -0.25) is 0 Å². The Morgan fingerprint density at radius 2 is 0.558 bits per heavy atom. The Hall–Kier alpha value is 0.0649. The van der Waals surface area contributed by atoms with Crippen LogP contribution in [0.25, 0.3) is 0 Å². The van der Waals surface area contributed by atoms with Gasteiger partial charge in [0.2, 0.25) is 0 Å². The van der Waals surface area contributed by atoms with Gasteiger partial charge in [-0.2, -0.15) is 0 Å². The Kier molecular flexibility index (Phi) is 42.2. The molecular formula is C32H72Cr2N2O7. The van der Waals surface area contributed by atoms with E-state index in [1.807, 2.05) is 0 Å². The first-order valence-corrected chi connectivity index (χ1v) is 21.9. The van der Waals surface area contributed by atoms with Crippen molar-refractivity contribution in [3.63, 3.8) is 0 Å². The van der Waals surface area contributed by atoms with Gasteiger partial charge in [0.25, 0.3) is 0 Å². The van der Waals surface area contributed by atoms with E-state index in [2.05, 4.69) is 41.2 Å². The van der Waals surface area contributed by atoms with Crippen LogP contribution in [0.5, 0.6) is 0 Å². The Labute approximate surface area is 271 Å². The van der Waals surface area contributed by atoms with Crippen LogP contribution in [0.2, 0.25) is 0 Å². The minimum atomic E-state index is -5.76. The molecule has 0 saturated heterocycles. The second kappa shape index (κ2) is 38.2. The van der Waals surface area contributed by atoms with Gasteiger partial charge in [-0.1, -0.05) is 156 Å². The quantitative estimate of drug-likeness (QED) is 0.0540. The molecular weight excluding hydrogens is 628 g/mol. The van der Waals surface area contributed by atoms with E-state index in [1.54, 1.807) is 0 Å². The third-order valence-electron chi connectivity index (χ3n) is 7.00. The van der Waals surface area contributed by atoms with Crippen LogP contribution in [0.1, 0.15) is 182 Å². The van der Waals surface area contributed by atoms with Crippen LogP contribution in [0.15, 0.2) is 0 Å². The molecule has 0 aliphatic carbocycles. The standard InChI is InChI=1S/2C16H35N.2Cr.2H2O.5O/c2*1-3-5-7-9-11-13-15-17-16-14-12-10-8-6-4-2;;;;;;;;;/h2*17H,3-16H2,1-2H3;;;2*1H2;;;;;/q;;2*+1;;;;;;;/p-2. The molecule has 0 aromatic rings. The van der Waals surface area contributed by atoms with Gasteiger partial charge in [-0.25, -0.2) is 0 Å². The molecule has 0 aliphatic rings. The first-order valence-electron chi connectivity index (χ1n) is 17.6. The number of hydrogen-bond donors (Lipinski definition) is 4. The third-order valence-corrected chi connectivity index (χ3v) is 9.75. The van der Waals surface area contributed by atoms with E-state index in [0.717, 1.165) is 0 Å². The first kappa shape index (κ1) is 47.5. The van der Waals surface area contributed by atoms with E-state index < -0.39 is 27.2 Å². The van der Waals surface area contributed by atoms with Gasteiger partial charge >= 0.3 is 53.6 Å². The van der Waals surface area contributed by atoms with E-state index in [1.165, 1.54) is 180 Å². The summed E-state index contributed by atoms with van der Waals surface area (Å²) in [5.74, 6) is 0. The molecule has 11 heteroatoms. The van der Waals surface area contributed by atoms with E-state index in [9.17, 15) is 15.2 Å². The van der Waals surface area contributed by atoms with Crippen LogP contribution in [-0.2, 0) is 45.3 Å². The van der Waals surface area contributed by atoms with Gasteiger partial charge < -0.3 is 10.6 Å². The number of rotatable bonds is 30. The summed E-state index contributed by atoms with van der Waals surface area (Å²) in [6.45, 7) is 14.1. The van der Waals surface area contributed by atoms with Crippen molar-refractivity contribution < 1.29 is 53.6 Å². The topological polar surface area (TPSA) is 142 Å². The predicted octanol–water partition coefficient (Wildman–Crippen LogP) is 8.93. The van der Waals surface area contributed by atoms with Crippen molar-refractivity contribution in [2.24, 2.45) is 0 Å². The second-order valence-electron chi connectivity index (χ2n) is 11.5. The maximum atomic E-state index is 9.53. The third kappa shape index (κ3) is 58.2. The number of nitrogens with one attached hydrogen (secondary N) is 2. The fraction of sp³-hybridized carbons (Fsp3) is 1.00. The summed E-state index contributed by atoms with van der Waals surface area (Å²) in [6, 6.07) is 0. The van der Waals surface area contributed by atoms with Crippen LogP contribution in [-0.4, -0.2) is 34.5 Å². The molecule has 0 heterocycles. The van der Waals surface area contributed by atoms with Crippen LogP contribution in [0.4, 0.5) is 0 Å². The van der Waals surface area contributed by atoms with Gasteiger partial charge in [0.15, 0.2) is 0 Å². The van der Waals surface area contributed by atoms with Crippen LogP contribution in [0, 0.1) is 0 Å². The monoisotopic (exact) mass is 700 g/mol. The zero-order valence-corrected chi connectivity index (χ0v) is 31.1. The zero-order valence-electron chi connectivity index (χ0n) is 28.6. The van der Waals surface area contributed by atoms with Crippen molar-refractivity contribution in [1.82, 2.24) is 10.6 Å². The molecule has 0 aromatic heterocycles. The summed E-state index contributed by atoms with van der Waals surface area (Å²) < 4.78 is 56.3. The average Bonchev–Trinajstić information content (AvgIpc) is 2.92. The SMILES string of the molecule is CCCCCCCCNCCCCCCCC.CCCCCCCCNCCCCCCCC.[O]=[Cr](=[O])([OH])[O][Cr](=[O])(=[O])[OH]. The zero-order chi connectivity index (χ0) is 32.9. The van der Waals surface area contributed by atoms with Gasteiger partial charge in [-0.15, -0.1) is 0 Å². The van der Waals surface area contributed by atoms with Gasteiger partial charge in [0, 0.05) is 0 Å². The molecule has 0 atom stereocenters. The van der Waals surface area contributed by atoms with Crippen LogP contribution in [0.3, 0.4) is 0 Å². The summed E-state index contributed by atoms with van der Waals surface area (Å²) in [5, 5.41) is 7.13. The normalized spacial score (nSPS) is 11.5. The first-order chi connectivity index (χ1) is 20.5. The molecule has 0 aromatic carbocycles. The summed E-state index contributed by atoms with van der Waals surface area (Å²) in [6.07, 6.45) is 33.8. The van der Waals surface area contributed by atoms with Gasteiger partial charge in [0.05, 0.1) is 0 Å². The summed E-state index contributed by atoms with van der Waals surface area (Å²) in [4.78, 5) is 0. The molecule has 0 aliphatic heterocycles. The van der Waals surface area contributed by atoms with Crippen molar-refractivity contribution in [1.29, 1.82) is 0 Å². The van der Waals surface area contributed by atoms with E-state index >= 15 is 0 Å². The summed E-state index contributed by atoms with van der Waals surface area (Å²) in [5.41, 5.74) is 0. The van der Waals surface area contributed by atoms with Crippen LogP contribution < -0.4 is 10.6 Å². The average molecular weight is 701 g/mol. The van der Waals surface area contributed by atoms with Gasteiger partial charge in [0.1, 0.15) is 0 Å². The molecule has 0 bridgehead atoms. The Bertz CT molecular complexity index is 633. The van der Waals surface area contributed by atoms with E-state index in [-0.39, 0.29) is 0 Å². The molecule has 0 saturated carbocycles. The van der Waals surface area contributed by atoms with Crippen molar-refractivity contribution in [2.75, 3.05) is 26.2 Å². The second-order valence-corrected chi connectivity index (χ2v) is 15.3. The molecule has 0 amide bonds. The molecule has 0 spiro atoms. The maximum absolute atomic E-state index is 9.53. The van der Waals surface area contributed by atoms with Crippen molar-refractivity contribution >= 4 is 0 Å². The summed E-state index contributed by atoms with van der Waals surface area (Å²) >= 11 is -11.5. The van der Waals surface area contributed by atoms with E-state index in [0.29, 0.717) is 0 Å². The molecule has 0 unspecified atom stereocenters. The predicted molar refractivity (Wildman–Crippen MR) is 168 cm³/mol. The Morgan fingerprint density at radius 1 is 0.372 bits per heavy atom. The van der Waals surface area contributed by atoms with Crippen molar-refractivity contribution in [2.45, 2.75) is 182 Å². The van der Waals surface area contributed by atoms with Crippen molar-refractivity contribution in [3.05, 3.63) is 0 Å². The molecule has 43 heavy (non-hydrogen) atoms. The van der Waals surface area contributed by atoms with Crippen LogP contribution >= 0.6 is 0 Å². The molecule has 264 valence electrons. The fourth-order valence-electron chi connectivity index (χ4n) is 4.48.